The van der Waals surface area contributed by atoms with Crippen LogP contribution in [-0.2, 0) is 0 Å². The third-order valence-corrected chi connectivity index (χ3v) is 2.76. The summed E-state index contributed by atoms with van der Waals surface area (Å²) in [4.78, 5) is 12.7. The zero-order valence-corrected chi connectivity index (χ0v) is 8.69. The van der Waals surface area contributed by atoms with E-state index < -0.39 is 11.8 Å². The minimum atomic E-state index is -1.12. The maximum absolute atomic E-state index is 13.6. The lowest BCUT2D eigenvalue weighted by Gasteiger charge is -2.20. The molecule has 1 unspecified atom stereocenters. The van der Waals surface area contributed by atoms with Crippen molar-refractivity contribution in [1.29, 1.82) is 0 Å². The third kappa shape index (κ3) is 1.86. The molecule has 0 radical (unpaired) electrons. The largest absolute Gasteiger partial charge is 0.478 e. The molecule has 1 saturated heterocycles. The Morgan fingerprint density at radius 1 is 1.56 bits per heavy atom. The number of benzene rings is 1. The van der Waals surface area contributed by atoms with Gasteiger partial charge in [0.1, 0.15) is 5.82 Å². The molecular formula is C11H13FN2O2. The fourth-order valence-electron chi connectivity index (χ4n) is 2.00. The van der Waals surface area contributed by atoms with Crippen molar-refractivity contribution in [2.75, 3.05) is 18.0 Å². The van der Waals surface area contributed by atoms with Crippen molar-refractivity contribution in [2.24, 2.45) is 5.73 Å². The smallest absolute Gasteiger partial charge is 0.337 e. The second-order valence-corrected chi connectivity index (χ2v) is 3.94. The van der Waals surface area contributed by atoms with E-state index in [1.165, 1.54) is 18.2 Å². The Balaban J connectivity index is 2.42. The van der Waals surface area contributed by atoms with E-state index in [1.54, 1.807) is 4.90 Å². The van der Waals surface area contributed by atoms with Crippen LogP contribution in [0.1, 0.15) is 16.8 Å². The van der Waals surface area contributed by atoms with Crippen LogP contribution < -0.4 is 10.6 Å². The van der Waals surface area contributed by atoms with E-state index in [4.69, 9.17) is 10.8 Å². The van der Waals surface area contributed by atoms with Gasteiger partial charge in [-0.15, -0.1) is 0 Å². The quantitative estimate of drug-likeness (QED) is 0.788. The zero-order valence-electron chi connectivity index (χ0n) is 8.69. The summed E-state index contributed by atoms with van der Waals surface area (Å²) >= 11 is 0. The SMILES string of the molecule is NC1CCN(c2c(F)cccc2C(=O)O)C1. The molecule has 0 aromatic heterocycles. The number of carboxylic acid groups (broad SMARTS) is 1. The van der Waals surface area contributed by atoms with Crippen LogP contribution in [0.2, 0.25) is 0 Å². The number of hydrogen-bond acceptors (Lipinski definition) is 3. The van der Waals surface area contributed by atoms with Crippen molar-refractivity contribution < 1.29 is 14.3 Å². The number of aromatic carboxylic acids is 1. The number of hydrogen-bond donors (Lipinski definition) is 2. The van der Waals surface area contributed by atoms with E-state index in [0.29, 0.717) is 13.1 Å². The highest BCUT2D eigenvalue weighted by atomic mass is 19.1. The molecule has 0 spiro atoms. The van der Waals surface area contributed by atoms with Gasteiger partial charge in [-0.25, -0.2) is 9.18 Å². The molecule has 5 heteroatoms. The highest BCUT2D eigenvalue weighted by molar-refractivity contribution is 5.94. The van der Waals surface area contributed by atoms with Gasteiger partial charge in [-0.1, -0.05) is 6.07 Å². The average Bonchev–Trinajstić information content (AvgIpc) is 2.64. The van der Waals surface area contributed by atoms with Gasteiger partial charge in [-0.05, 0) is 18.6 Å². The average molecular weight is 224 g/mol. The summed E-state index contributed by atoms with van der Waals surface area (Å²) < 4.78 is 13.6. The van der Waals surface area contributed by atoms with Gasteiger partial charge in [-0.2, -0.15) is 0 Å². The van der Waals surface area contributed by atoms with E-state index in [0.717, 1.165) is 6.42 Å². The first kappa shape index (κ1) is 10.9. The maximum Gasteiger partial charge on any atom is 0.337 e. The number of para-hydroxylation sites is 1. The predicted octanol–water partition coefficient (Wildman–Crippen LogP) is 1.06. The molecule has 1 fully saturated rings. The van der Waals surface area contributed by atoms with Crippen LogP contribution in [0.4, 0.5) is 10.1 Å². The molecule has 1 aromatic rings. The molecule has 2 rings (SSSR count). The first-order valence-corrected chi connectivity index (χ1v) is 5.12. The molecule has 0 amide bonds. The lowest BCUT2D eigenvalue weighted by Crippen LogP contribution is -2.28. The molecule has 1 aliphatic heterocycles. The molecule has 1 aliphatic rings. The number of nitrogens with zero attached hydrogens (tertiary/aromatic N) is 1. The van der Waals surface area contributed by atoms with Crippen molar-refractivity contribution >= 4 is 11.7 Å². The molecule has 3 N–H and O–H groups in total. The summed E-state index contributed by atoms with van der Waals surface area (Å²) in [5, 5.41) is 8.99. The van der Waals surface area contributed by atoms with Gasteiger partial charge < -0.3 is 15.7 Å². The Kier molecular flexibility index (Phi) is 2.78. The molecule has 86 valence electrons. The summed E-state index contributed by atoms with van der Waals surface area (Å²) in [5.74, 6) is -1.62. The summed E-state index contributed by atoms with van der Waals surface area (Å²) in [6.07, 6.45) is 0.757. The monoisotopic (exact) mass is 224 g/mol. The van der Waals surface area contributed by atoms with E-state index in [9.17, 15) is 9.18 Å². The summed E-state index contributed by atoms with van der Waals surface area (Å²) in [6, 6.07) is 4.07. The fraction of sp³-hybridized carbons (Fsp3) is 0.364. The predicted molar refractivity (Wildman–Crippen MR) is 58.2 cm³/mol. The topological polar surface area (TPSA) is 66.6 Å². The third-order valence-electron chi connectivity index (χ3n) is 2.76. The number of nitrogens with two attached hydrogens (primary N) is 1. The number of rotatable bonds is 2. The summed E-state index contributed by atoms with van der Waals surface area (Å²) in [7, 11) is 0. The first-order chi connectivity index (χ1) is 7.59. The number of carbonyl (C=O) groups is 1. The number of halogens is 1. The molecule has 0 aliphatic carbocycles. The molecule has 16 heavy (non-hydrogen) atoms. The number of anilines is 1. The molecule has 0 bridgehead atoms. The lowest BCUT2D eigenvalue weighted by atomic mass is 10.1. The van der Waals surface area contributed by atoms with E-state index in [2.05, 4.69) is 0 Å². The van der Waals surface area contributed by atoms with Crippen LogP contribution in [0.5, 0.6) is 0 Å². The van der Waals surface area contributed by atoms with Crippen LogP contribution in [-0.4, -0.2) is 30.2 Å². The molecule has 1 aromatic carbocycles. The summed E-state index contributed by atoms with van der Waals surface area (Å²) in [5.41, 5.74) is 5.88. The van der Waals surface area contributed by atoms with Crippen molar-refractivity contribution in [3.8, 4) is 0 Å². The second kappa shape index (κ2) is 4.09. The molecule has 4 nitrogen and oxygen atoms in total. The normalized spacial score (nSPS) is 20.1. The van der Waals surface area contributed by atoms with Crippen LogP contribution in [0.15, 0.2) is 18.2 Å². The molecule has 1 heterocycles. The Hall–Kier alpha value is -1.62. The van der Waals surface area contributed by atoms with Gasteiger partial charge in [0.2, 0.25) is 0 Å². The van der Waals surface area contributed by atoms with Gasteiger partial charge in [0, 0.05) is 19.1 Å². The summed E-state index contributed by atoms with van der Waals surface area (Å²) in [6.45, 7) is 1.10. The van der Waals surface area contributed by atoms with Gasteiger partial charge in [0.25, 0.3) is 0 Å². The molecule has 1 atom stereocenters. The first-order valence-electron chi connectivity index (χ1n) is 5.12. The number of carboxylic acids is 1. The van der Waals surface area contributed by atoms with Crippen molar-refractivity contribution in [2.45, 2.75) is 12.5 Å². The Labute approximate surface area is 92.5 Å². The van der Waals surface area contributed by atoms with Crippen LogP contribution in [0, 0.1) is 5.82 Å². The standard InChI is InChI=1S/C11H13FN2O2/c12-9-3-1-2-8(11(15)16)10(9)14-5-4-7(13)6-14/h1-3,7H,4-6,13H2,(H,15,16). The Morgan fingerprint density at radius 2 is 2.31 bits per heavy atom. The van der Waals surface area contributed by atoms with E-state index >= 15 is 0 Å². The van der Waals surface area contributed by atoms with Gasteiger partial charge in [0.15, 0.2) is 0 Å². The van der Waals surface area contributed by atoms with Crippen molar-refractivity contribution in [1.82, 2.24) is 0 Å². The Morgan fingerprint density at radius 3 is 2.88 bits per heavy atom. The highest BCUT2D eigenvalue weighted by Gasteiger charge is 2.25. The van der Waals surface area contributed by atoms with Crippen LogP contribution in [0.3, 0.4) is 0 Å². The van der Waals surface area contributed by atoms with Crippen molar-refractivity contribution in [3.05, 3.63) is 29.6 Å². The Bertz CT molecular complexity index is 422. The molecule has 0 saturated carbocycles. The van der Waals surface area contributed by atoms with E-state index in [-0.39, 0.29) is 17.3 Å². The minimum Gasteiger partial charge on any atom is -0.478 e. The maximum atomic E-state index is 13.6. The lowest BCUT2D eigenvalue weighted by molar-refractivity contribution is 0.0697. The van der Waals surface area contributed by atoms with Gasteiger partial charge in [-0.3, -0.25) is 0 Å². The van der Waals surface area contributed by atoms with E-state index in [1.807, 2.05) is 0 Å². The second-order valence-electron chi connectivity index (χ2n) is 3.94. The minimum absolute atomic E-state index is 0.00546. The van der Waals surface area contributed by atoms with Gasteiger partial charge in [0.05, 0.1) is 11.3 Å². The van der Waals surface area contributed by atoms with Crippen molar-refractivity contribution in [3.63, 3.8) is 0 Å². The van der Waals surface area contributed by atoms with Crippen LogP contribution in [0.25, 0.3) is 0 Å². The molecular weight excluding hydrogens is 211 g/mol. The van der Waals surface area contributed by atoms with Crippen LogP contribution >= 0.6 is 0 Å². The fourth-order valence-corrected chi connectivity index (χ4v) is 2.00. The highest BCUT2D eigenvalue weighted by Crippen LogP contribution is 2.27. The van der Waals surface area contributed by atoms with Gasteiger partial charge >= 0.3 is 5.97 Å². The zero-order chi connectivity index (χ0) is 11.7.